The molecule has 1 aliphatic rings. The SMILES string of the molecule is Cc1ccnc(C(O)(C2=NCCN2)c2ccccc2)n1. The maximum Gasteiger partial charge on any atom is 0.207 e. The number of benzene rings is 1. The Balaban J connectivity index is 2.18. The third-order valence-corrected chi connectivity index (χ3v) is 3.33. The Morgan fingerprint density at radius 1 is 1.20 bits per heavy atom. The molecule has 20 heavy (non-hydrogen) atoms. The number of amidine groups is 1. The van der Waals surface area contributed by atoms with E-state index in [0.717, 1.165) is 12.2 Å². The maximum absolute atomic E-state index is 11.3. The van der Waals surface area contributed by atoms with Crippen LogP contribution >= 0.6 is 0 Å². The normalized spacial score (nSPS) is 17.2. The highest BCUT2D eigenvalue weighted by Gasteiger charge is 2.41. The highest BCUT2D eigenvalue weighted by molar-refractivity contribution is 5.94. The van der Waals surface area contributed by atoms with Crippen LogP contribution < -0.4 is 5.32 Å². The maximum atomic E-state index is 11.3. The van der Waals surface area contributed by atoms with Gasteiger partial charge in [0.05, 0.1) is 6.54 Å². The molecule has 1 aromatic heterocycles. The number of aliphatic hydroxyl groups is 1. The Morgan fingerprint density at radius 2 is 2.00 bits per heavy atom. The minimum Gasteiger partial charge on any atom is -0.371 e. The van der Waals surface area contributed by atoms with Crippen molar-refractivity contribution < 1.29 is 5.11 Å². The molecule has 1 atom stereocenters. The van der Waals surface area contributed by atoms with E-state index < -0.39 is 5.60 Å². The molecule has 2 N–H and O–H groups in total. The number of nitrogens with zero attached hydrogens (tertiary/aromatic N) is 3. The first-order chi connectivity index (χ1) is 9.71. The average Bonchev–Trinajstić information content (AvgIpc) is 3.02. The molecule has 0 bridgehead atoms. The lowest BCUT2D eigenvalue weighted by Crippen LogP contribution is -2.44. The van der Waals surface area contributed by atoms with Gasteiger partial charge >= 0.3 is 0 Å². The molecule has 0 spiro atoms. The molecule has 0 saturated heterocycles. The largest absolute Gasteiger partial charge is 0.371 e. The zero-order valence-electron chi connectivity index (χ0n) is 11.2. The summed E-state index contributed by atoms with van der Waals surface area (Å²) in [6, 6.07) is 11.2. The molecule has 2 aromatic rings. The van der Waals surface area contributed by atoms with Crippen LogP contribution in [-0.4, -0.2) is 34.0 Å². The fraction of sp³-hybridized carbons (Fsp3) is 0.267. The first kappa shape index (κ1) is 12.7. The fourth-order valence-corrected chi connectivity index (χ4v) is 2.31. The average molecular weight is 268 g/mol. The Labute approximate surface area is 117 Å². The molecule has 3 rings (SSSR count). The summed E-state index contributed by atoms with van der Waals surface area (Å²) in [7, 11) is 0. The van der Waals surface area contributed by atoms with Gasteiger partial charge in [0.15, 0.2) is 5.82 Å². The van der Waals surface area contributed by atoms with Crippen molar-refractivity contribution in [1.82, 2.24) is 15.3 Å². The predicted octanol–water partition coefficient (Wildman–Crippen LogP) is 1.02. The van der Waals surface area contributed by atoms with Gasteiger partial charge in [-0.2, -0.15) is 0 Å². The number of aryl methyl sites for hydroxylation is 1. The zero-order valence-corrected chi connectivity index (χ0v) is 11.2. The molecule has 0 saturated carbocycles. The van der Waals surface area contributed by atoms with Crippen LogP contribution in [0.4, 0.5) is 0 Å². The van der Waals surface area contributed by atoms with Crippen molar-refractivity contribution in [2.24, 2.45) is 4.99 Å². The second-order valence-electron chi connectivity index (χ2n) is 4.76. The minimum atomic E-state index is -1.43. The van der Waals surface area contributed by atoms with Crippen LogP contribution in [0.5, 0.6) is 0 Å². The van der Waals surface area contributed by atoms with Crippen LogP contribution in [0.2, 0.25) is 0 Å². The smallest absolute Gasteiger partial charge is 0.207 e. The van der Waals surface area contributed by atoms with Gasteiger partial charge < -0.3 is 10.4 Å². The molecule has 5 heteroatoms. The Kier molecular flexibility index (Phi) is 3.20. The Bertz CT molecular complexity index is 641. The summed E-state index contributed by atoms with van der Waals surface area (Å²) >= 11 is 0. The number of nitrogens with one attached hydrogen (secondary N) is 1. The van der Waals surface area contributed by atoms with Gasteiger partial charge in [0.1, 0.15) is 5.84 Å². The molecule has 2 heterocycles. The van der Waals surface area contributed by atoms with Crippen molar-refractivity contribution >= 4 is 5.84 Å². The van der Waals surface area contributed by atoms with Crippen molar-refractivity contribution in [3.05, 3.63) is 59.7 Å². The van der Waals surface area contributed by atoms with E-state index in [2.05, 4.69) is 20.3 Å². The molecule has 0 fully saturated rings. The van der Waals surface area contributed by atoms with Gasteiger partial charge in [-0.25, -0.2) is 9.97 Å². The van der Waals surface area contributed by atoms with E-state index in [1.807, 2.05) is 37.3 Å². The van der Waals surface area contributed by atoms with E-state index in [9.17, 15) is 5.11 Å². The quantitative estimate of drug-likeness (QED) is 0.872. The number of hydrogen-bond acceptors (Lipinski definition) is 5. The van der Waals surface area contributed by atoms with E-state index in [1.165, 1.54) is 0 Å². The molecular formula is C15H16N4O. The lowest BCUT2D eigenvalue weighted by Gasteiger charge is -2.27. The van der Waals surface area contributed by atoms with Crippen LogP contribution in [0.1, 0.15) is 17.1 Å². The second-order valence-corrected chi connectivity index (χ2v) is 4.76. The molecule has 0 radical (unpaired) electrons. The topological polar surface area (TPSA) is 70.4 Å². The summed E-state index contributed by atoms with van der Waals surface area (Å²) in [5, 5.41) is 14.4. The van der Waals surface area contributed by atoms with E-state index >= 15 is 0 Å². The molecular weight excluding hydrogens is 252 g/mol. The Morgan fingerprint density at radius 3 is 2.65 bits per heavy atom. The van der Waals surface area contributed by atoms with Gasteiger partial charge in [-0.3, -0.25) is 4.99 Å². The third kappa shape index (κ3) is 2.06. The van der Waals surface area contributed by atoms with Crippen LogP contribution in [0, 0.1) is 6.92 Å². The van der Waals surface area contributed by atoms with Crippen LogP contribution in [-0.2, 0) is 5.60 Å². The van der Waals surface area contributed by atoms with Gasteiger partial charge in [0.25, 0.3) is 0 Å². The zero-order chi connectivity index (χ0) is 14.0. The molecule has 1 aliphatic heterocycles. The van der Waals surface area contributed by atoms with Gasteiger partial charge in [0.2, 0.25) is 5.60 Å². The predicted molar refractivity (Wildman–Crippen MR) is 76.5 cm³/mol. The molecule has 102 valence electrons. The molecule has 5 nitrogen and oxygen atoms in total. The molecule has 0 aliphatic carbocycles. The first-order valence-corrected chi connectivity index (χ1v) is 6.58. The summed E-state index contributed by atoms with van der Waals surface area (Å²) in [5.74, 6) is 0.853. The van der Waals surface area contributed by atoms with E-state index in [0.29, 0.717) is 23.8 Å². The van der Waals surface area contributed by atoms with Gasteiger partial charge in [0, 0.05) is 18.4 Å². The fourth-order valence-electron chi connectivity index (χ4n) is 2.31. The minimum absolute atomic E-state index is 0.344. The van der Waals surface area contributed by atoms with Gasteiger partial charge in [-0.1, -0.05) is 30.3 Å². The van der Waals surface area contributed by atoms with Crippen molar-refractivity contribution in [3.63, 3.8) is 0 Å². The van der Waals surface area contributed by atoms with E-state index in [1.54, 1.807) is 12.3 Å². The number of rotatable bonds is 3. The van der Waals surface area contributed by atoms with Crippen molar-refractivity contribution in [2.45, 2.75) is 12.5 Å². The highest BCUT2D eigenvalue weighted by Crippen LogP contribution is 2.29. The van der Waals surface area contributed by atoms with Crippen LogP contribution in [0.15, 0.2) is 47.6 Å². The number of aromatic nitrogens is 2. The lowest BCUT2D eigenvalue weighted by atomic mass is 9.91. The van der Waals surface area contributed by atoms with Crippen molar-refractivity contribution in [1.29, 1.82) is 0 Å². The highest BCUT2D eigenvalue weighted by atomic mass is 16.3. The summed E-state index contributed by atoms with van der Waals surface area (Å²) in [6.45, 7) is 3.24. The van der Waals surface area contributed by atoms with Gasteiger partial charge in [-0.15, -0.1) is 0 Å². The summed E-state index contributed by atoms with van der Waals surface area (Å²) < 4.78 is 0. The van der Waals surface area contributed by atoms with Crippen molar-refractivity contribution in [2.75, 3.05) is 13.1 Å². The van der Waals surface area contributed by atoms with Crippen LogP contribution in [0.3, 0.4) is 0 Å². The van der Waals surface area contributed by atoms with E-state index in [-0.39, 0.29) is 0 Å². The molecule has 1 aromatic carbocycles. The Hall–Kier alpha value is -2.27. The lowest BCUT2D eigenvalue weighted by molar-refractivity contribution is 0.142. The monoisotopic (exact) mass is 268 g/mol. The number of hydrogen-bond donors (Lipinski definition) is 2. The van der Waals surface area contributed by atoms with E-state index in [4.69, 9.17) is 0 Å². The summed E-state index contributed by atoms with van der Waals surface area (Å²) in [6.07, 6.45) is 1.65. The standard InChI is InChI=1S/C15H16N4O/c1-11-7-8-16-14(19-11)15(20,13-17-9-10-18-13)12-5-3-2-4-6-12/h2-8,20H,9-10H2,1H3,(H,17,18). The van der Waals surface area contributed by atoms with Crippen molar-refractivity contribution in [3.8, 4) is 0 Å². The summed E-state index contributed by atoms with van der Waals surface area (Å²) in [4.78, 5) is 13.0. The first-order valence-electron chi connectivity index (χ1n) is 6.58. The molecule has 1 unspecified atom stereocenters. The summed E-state index contributed by atoms with van der Waals surface area (Å²) in [5.41, 5.74) is 0.0887. The number of aliphatic imine (C=N–C) groups is 1. The van der Waals surface area contributed by atoms with Crippen LogP contribution in [0.25, 0.3) is 0 Å². The molecule has 0 amide bonds. The third-order valence-electron chi connectivity index (χ3n) is 3.33. The second kappa shape index (κ2) is 5.02. The van der Waals surface area contributed by atoms with Gasteiger partial charge in [-0.05, 0) is 18.6 Å².